The van der Waals surface area contributed by atoms with Gasteiger partial charge in [-0.2, -0.15) is 0 Å². The molecule has 108 valence electrons. The Labute approximate surface area is 125 Å². The van der Waals surface area contributed by atoms with Crippen molar-refractivity contribution in [1.29, 1.82) is 0 Å². The average molecular weight is 335 g/mol. The number of nitrogens with zero attached hydrogens (tertiary/aromatic N) is 1. The molecule has 2 aromatic rings. The van der Waals surface area contributed by atoms with Crippen molar-refractivity contribution < 1.29 is 12.8 Å². The van der Waals surface area contributed by atoms with E-state index in [4.69, 9.17) is 11.6 Å². The van der Waals surface area contributed by atoms with Crippen LogP contribution < -0.4 is 4.72 Å². The first kappa shape index (κ1) is 15.4. The Morgan fingerprint density at radius 2 is 2.20 bits per heavy atom. The molecular formula is C12H12ClFN2O2S2. The van der Waals surface area contributed by atoms with Gasteiger partial charge in [-0.3, -0.25) is 0 Å². The first-order valence-corrected chi connectivity index (χ1v) is 8.53. The zero-order valence-electron chi connectivity index (χ0n) is 10.6. The molecular weight excluding hydrogens is 323 g/mol. The van der Waals surface area contributed by atoms with Gasteiger partial charge in [0.05, 0.1) is 17.3 Å². The summed E-state index contributed by atoms with van der Waals surface area (Å²) in [6.07, 6.45) is 1.69. The zero-order valence-corrected chi connectivity index (χ0v) is 12.9. The van der Waals surface area contributed by atoms with Gasteiger partial charge in [0.15, 0.2) is 0 Å². The molecule has 0 aliphatic rings. The van der Waals surface area contributed by atoms with Gasteiger partial charge in [0, 0.05) is 11.1 Å². The van der Waals surface area contributed by atoms with Crippen LogP contribution in [0.1, 0.15) is 15.4 Å². The van der Waals surface area contributed by atoms with Gasteiger partial charge in [-0.1, -0.05) is 17.7 Å². The molecule has 0 atom stereocenters. The summed E-state index contributed by atoms with van der Waals surface area (Å²) in [6, 6.07) is 3.86. The van der Waals surface area contributed by atoms with E-state index in [1.165, 1.54) is 23.5 Å². The highest BCUT2D eigenvalue weighted by atomic mass is 35.5. The van der Waals surface area contributed by atoms with E-state index in [0.29, 0.717) is 10.6 Å². The molecule has 0 bridgehead atoms. The van der Waals surface area contributed by atoms with E-state index in [-0.39, 0.29) is 17.3 Å². The first-order valence-electron chi connectivity index (χ1n) is 5.68. The van der Waals surface area contributed by atoms with Gasteiger partial charge in [-0.15, -0.1) is 11.3 Å². The summed E-state index contributed by atoms with van der Waals surface area (Å²) in [6.45, 7) is 2.05. The molecule has 20 heavy (non-hydrogen) atoms. The van der Waals surface area contributed by atoms with Crippen molar-refractivity contribution in [3.05, 3.63) is 50.7 Å². The minimum Gasteiger partial charge on any atom is -0.248 e. The van der Waals surface area contributed by atoms with Crippen molar-refractivity contribution >= 4 is 33.0 Å². The van der Waals surface area contributed by atoms with E-state index in [1.807, 2.05) is 6.92 Å². The fraction of sp³-hybridized carbons (Fsp3) is 0.250. The Balaban J connectivity index is 2.01. The largest absolute Gasteiger partial charge is 0.248 e. The minimum atomic E-state index is -3.52. The smallest absolute Gasteiger partial charge is 0.216 e. The summed E-state index contributed by atoms with van der Waals surface area (Å²) in [5.41, 5.74) is 0.430. The SMILES string of the molecule is Cc1cnc(CNS(=O)(=O)Cc2ccc(F)c(Cl)c2)s1. The molecule has 0 saturated heterocycles. The highest BCUT2D eigenvalue weighted by Crippen LogP contribution is 2.17. The van der Waals surface area contributed by atoms with Crippen LogP contribution in [0.4, 0.5) is 4.39 Å². The number of sulfonamides is 1. The number of nitrogens with one attached hydrogen (secondary N) is 1. The third-order valence-corrected chi connectivity index (χ3v) is 4.95. The Hall–Kier alpha value is -1.02. The van der Waals surface area contributed by atoms with Gasteiger partial charge in [0.1, 0.15) is 10.8 Å². The number of thiazole rings is 1. The highest BCUT2D eigenvalue weighted by Gasteiger charge is 2.13. The summed E-state index contributed by atoms with van der Waals surface area (Å²) >= 11 is 7.05. The van der Waals surface area contributed by atoms with E-state index in [0.717, 1.165) is 10.9 Å². The predicted molar refractivity (Wildman–Crippen MR) is 77.7 cm³/mol. The third kappa shape index (κ3) is 4.24. The van der Waals surface area contributed by atoms with Gasteiger partial charge in [-0.05, 0) is 24.6 Å². The second-order valence-electron chi connectivity index (χ2n) is 4.19. The standard InChI is InChI=1S/C12H12ClFN2O2S2/c1-8-5-15-12(19-8)6-16-20(17,18)7-9-2-3-11(14)10(13)4-9/h2-5,16H,6-7H2,1H3. The molecule has 0 fully saturated rings. The minimum absolute atomic E-state index is 0.0896. The Morgan fingerprint density at radius 1 is 1.45 bits per heavy atom. The Bertz CT molecular complexity index is 716. The molecule has 0 radical (unpaired) electrons. The van der Waals surface area contributed by atoms with Gasteiger partial charge in [-0.25, -0.2) is 22.5 Å². The summed E-state index contributed by atoms with van der Waals surface area (Å²) < 4.78 is 39.3. The molecule has 8 heteroatoms. The highest BCUT2D eigenvalue weighted by molar-refractivity contribution is 7.88. The Morgan fingerprint density at radius 3 is 2.80 bits per heavy atom. The molecule has 0 aliphatic carbocycles. The van der Waals surface area contributed by atoms with Crippen LogP contribution in [0.15, 0.2) is 24.4 Å². The van der Waals surface area contributed by atoms with E-state index in [2.05, 4.69) is 9.71 Å². The third-order valence-electron chi connectivity index (χ3n) is 2.45. The molecule has 2 rings (SSSR count). The summed E-state index contributed by atoms with van der Waals surface area (Å²) in [5, 5.41) is 0.608. The molecule has 4 nitrogen and oxygen atoms in total. The number of hydrogen-bond donors (Lipinski definition) is 1. The summed E-state index contributed by atoms with van der Waals surface area (Å²) in [5.74, 6) is -0.823. The van der Waals surface area contributed by atoms with Gasteiger partial charge in [0.2, 0.25) is 10.0 Å². The maximum absolute atomic E-state index is 13.0. The van der Waals surface area contributed by atoms with Crippen LogP contribution in [-0.4, -0.2) is 13.4 Å². The predicted octanol–water partition coefficient (Wildman–Crippen LogP) is 2.86. The van der Waals surface area contributed by atoms with Crippen LogP contribution in [0, 0.1) is 12.7 Å². The molecule has 0 aliphatic heterocycles. The van der Waals surface area contributed by atoms with E-state index in [9.17, 15) is 12.8 Å². The van der Waals surface area contributed by atoms with Crippen LogP contribution in [-0.2, 0) is 22.3 Å². The lowest BCUT2D eigenvalue weighted by Crippen LogP contribution is -2.24. The second-order valence-corrected chi connectivity index (χ2v) is 7.73. The lowest BCUT2D eigenvalue weighted by Gasteiger charge is -2.06. The fourth-order valence-corrected chi connectivity index (χ4v) is 3.65. The van der Waals surface area contributed by atoms with Crippen LogP contribution in [0.25, 0.3) is 0 Å². The number of aryl methyl sites for hydroxylation is 1. The monoisotopic (exact) mass is 334 g/mol. The van der Waals surface area contributed by atoms with E-state index in [1.54, 1.807) is 6.20 Å². The fourth-order valence-electron chi connectivity index (χ4n) is 1.55. The van der Waals surface area contributed by atoms with Crippen molar-refractivity contribution in [1.82, 2.24) is 9.71 Å². The lowest BCUT2D eigenvalue weighted by molar-refractivity contribution is 0.580. The molecule has 1 aromatic carbocycles. The number of hydrogen-bond acceptors (Lipinski definition) is 4. The average Bonchev–Trinajstić information content (AvgIpc) is 2.77. The van der Waals surface area contributed by atoms with Crippen molar-refractivity contribution in [3.63, 3.8) is 0 Å². The molecule has 0 amide bonds. The first-order chi connectivity index (χ1) is 9.35. The van der Waals surface area contributed by atoms with Crippen molar-refractivity contribution in [2.45, 2.75) is 19.2 Å². The summed E-state index contributed by atoms with van der Waals surface area (Å²) in [7, 11) is -3.52. The molecule has 1 aromatic heterocycles. The van der Waals surface area contributed by atoms with Crippen LogP contribution in [0.3, 0.4) is 0 Å². The maximum Gasteiger partial charge on any atom is 0.216 e. The zero-order chi connectivity index (χ0) is 14.8. The van der Waals surface area contributed by atoms with Crippen LogP contribution in [0.2, 0.25) is 5.02 Å². The molecule has 0 unspecified atom stereocenters. The van der Waals surface area contributed by atoms with Crippen molar-refractivity contribution in [2.75, 3.05) is 0 Å². The van der Waals surface area contributed by atoms with Crippen molar-refractivity contribution in [2.24, 2.45) is 0 Å². The molecule has 0 spiro atoms. The normalized spacial score (nSPS) is 11.8. The number of halogens is 2. The lowest BCUT2D eigenvalue weighted by atomic mass is 10.2. The number of benzene rings is 1. The molecule has 1 N–H and O–H groups in total. The maximum atomic E-state index is 13.0. The molecule has 0 saturated carbocycles. The second kappa shape index (κ2) is 6.17. The van der Waals surface area contributed by atoms with Gasteiger partial charge < -0.3 is 0 Å². The van der Waals surface area contributed by atoms with Crippen molar-refractivity contribution in [3.8, 4) is 0 Å². The van der Waals surface area contributed by atoms with Crippen LogP contribution >= 0.6 is 22.9 Å². The Kier molecular flexibility index (Phi) is 4.74. The summed E-state index contributed by atoms with van der Waals surface area (Å²) in [4.78, 5) is 5.09. The number of aromatic nitrogens is 1. The van der Waals surface area contributed by atoms with Gasteiger partial charge in [0.25, 0.3) is 0 Å². The quantitative estimate of drug-likeness (QED) is 0.914. The van der Waals surface area contributed by atoms with E-state index < -0.39 is 15.8 Å². The topological polar surface area (TPSA) is 59.1 Å². The van der Waals surface area contributed by atoms with Gasteiger partial charge >= 0.3 is 0 Å². The van der Waals surface area contributed by atoms with E-state index >= 15 is 0 Å². The molecule has 1 heterocycles. The number of rotatable bonds is 5. The van der Waals surface area contributed by atoms with Crippen LogP contribution in [0.5, 0.6) is 0 Å².